The van der Waals surface area contributed by atoms with E-state index in [0.29, 0.717) is 30.3 Å². The molecule has 0 spiro atoms. The third kappa shape index (κ3) is 5.56. The van der Waals surface area contributed by atoms with Crippen LogP contribution in [0.2, 0.25) is 0 Å². The van der Waals surface area contributed by atoms with Gasteiger partial charge in [0.05, 0.1) is 19.8 Å². The molecule has 3 aromatic rings. The summed E-state index contributed by atoms with van der Waals surface area (Å²) in [4.78, 5) is 13.8. The summed E-state index contributed by atoms with van der Waals surface area (Å²) in [6.07, 6.45) is -3.97. The van der Waals surface area contributed by atoms with E-state index in [2.05, 4.69) is 0 Å². The number of benzene rings is 3. The van der Waals surface area contributed by atoms with Crippen LogP contribution in [0.25, 0.3) is 0 Å². The predicted molar refractivity (Wildman–Crippen MR) is 122 cm³/mol. The number of hydrogen-bond donors (Lipinski definition) is 0. The first kappa shape index (κ1) is 23.8. The zero-order valence-electron chi connectivity index (χ0n) is 18.0. The van der Waals surface area contributed by atoms with Crippen molar-refractivity contribution in [1.29, 1.82) is 0 Å². The van der Waals surface area contributed by atoms with Crippen LogP contribution < -0.4 is 19.1 Å². The summed E-state index contributed by atoms with van der Waals surface area (Å²) >= 11 is 5.79. The highest BCUT2D eigenvalue weighted by atomic mass is 35.5. The molecule has 9 heteroatoms. The van der Waals surface area contributed by atoms with Gasteiger partial charge in [0, 0.05) is 12.1 Å². The van der Waals surface area contributed by atoms with Gasteiger partial charge in [-0.25, -0.2) is 0 Å². The normalized spacial score (nSPS) is 13.2. The number of hydrogen-bond acceptors (Lipinski definition) is 4. The molecule has 1 aliphatic rings. The third-order valence-corrected chi connectivity index (χ3v) is 5.35. The predicted octanol–water partition coefficient (Wildman–Crippen LogP) is 6.43. The van der Waals surface area contributed by atoms with Crippen LogP contribution in [0.15, 0.2) is 66.7 Å². The highest BCUT2D eigenvalue weighted by Crippen LogP contribution is 2.41. The van der Waals surface area contributed by atoms with Crippen molar-refractivity contribution in [1.82, 2.24) is 0 Å². The molecule has 0 saturated carbocycles. The van der Waals surface area contributed by atoms with Crippen LogP contribution >= 0.6 is 11.6 Å². The van der Waals surface area contributed by atoms with E-state index in [1.165, 1.54) is 17.0 Å². The molecule has 0 unspecified atom stereocenters. The van der Waals surface area contributed by atoms with Gasteiger partial charge < -0.3 is 19.1 Å². The molecule has 0 fully saturated rings. The van der Waals surface area contributed by atoms with Crippen LogP contribution in [0.5, 0.6) is 23.0 Å². The van der Waals surface area contributed by atoms with Gasteiger partial charge in [0.25, 0.3) is 0 Å². The van der Waals surface area contributed by atoms with Crippen molar-refractivity contribution in [3.8, 4) is 23.0 Å². The van der Waals surface area contributed by atoms with Crippen LogP contribution in [-0.4, -0.2) is 25.0 Å². The molecule has 1 heterocycles. The summed E-state index contributed by atoms with van der Waals surface area (Å²) in [6, 6.07) is 16.8. The standard InChI is InChI=1S/C25H21ClF3NO4/c26-15-24(31)30(16-17-7-9-22-23(13-17)33-12-4-11-32-22)18-8-10-21(20(14-18)25(27,28)29)34-19-5-2-1-3-6-19/h1-3,5-10,13-14H,4,11-12,15-16H2. The smallest absolute Gasteiger partial charge is 0.420 e. The second-order valence-electron chi connectivity index (χ2n) is 7.54. The minimum atomic E-state index is -4.70. The molecule has 4 rings (SSSR count). The van der Waals surface area contributed by atoms with Crippen LogP contribution in [-0.2, 0) is 17.5 Å². The van der Waals surface area contributed by atoms with Crippen molar-refractivity contribution in [3.63, 3.8) is 0 Å². The number of nitrogens with zero attached hydrogens (tertiary/aromatic N) is 1. The van der Waals surface area contributed by atoms with E-state index in [1.54, 1.807) is 48.5 Å². The number of para-hydroxylation sites is 1. The van der Waals surface area contributed by atoms with Crippen LogP contribution in [0.4, 0.5) is 18.9 Å². The molecule has 5 nitrogen and oxygen atoms in total. The van der Waals surface area contributed by atoms with Crippen molar-refractivity contribution in [2.24, 2.45) is 0 Å². The Morgan fingerprint density at radius 2 is 1.71 bits per heavy atom. The lowest BCUT2D eigenvalue weighted by Crippen LogP contribution is -2.31. The average molecular weight is 492 g/mol. The van der Waals surface area contributed by atoms with E-state index < -0.39 is 23.5 Å². The summed E-state index contributed by atoms with van der Waals surface area (Å²) in [5.41, 5.74) is -0.300. The van der Waals surface area contributed by atoms with Crippen LogP contribution in [0.3, 0.4) is 0 Å². The minimum absolute atomic E-state index is 0.00161. The Kier molecular flexibility index (Phi) is 7.17. The first-order valence-corrected chi connectivity index (χ1v) is 11.1. The summed E-state index contributed by atoms with van der Waals surface area (Å²) in [5, 5.41) is 0. The van der Waals surface area contributed by atoms with Crippen molar-refractivity contribution < 1.29 is 32.2 Å². The van der Waals surface area contributed by atoms with E-state index in [1.807, 2.05) is 0 Å². The molecule has 1 amide bonds. The Morgan fingerprint density at radius 3 is 2.41 bits per heavy atom. The van der Waals surface area contributed by atoms with Crippen molar-refractivity contribution in [2.45, 2.75) is 19.1 Å². The van der Waals surface area contributed by atoms with E-state index in [9.17, 15) is 18.0 Å². The molecule has 34 heavy (non-hydrogen) atoms. The second kappa shape index (κ2) is 10.3. The van der Waals surface area contributed by atoms with Gasteiger partial charge in [0.2, 0.25) is 5.91 Å². The fourth-order valence-electron chi connectivity index (χ4n) is 3.50. The van der Waals surface area contributed by atoms with Crippen molar-refractivity contribution >= 4 is 23.2 Å². The van der Waals surface area contributed by atoms with Gasteiger partial charge in [-0.2, -0.15) is 13.2 Å². The molecule has 3 aromatic carbocycles. The lowest BCUT2D eigenvalue weighted by Gasteiger charge is -2.24. The number of carbonyl (C=O) groups is 1. The fraction of sp³-hybridized carbons (Fsp3) is 0.240. The van der Waals surface area contributed by atoms with Gasteiger partial charge in [-0.05, 0) is 48.0 Å². The lowest BCUT2D eigenvalue weighted by molar-refractivity contribution is -0.138. The van der Waals surface area contributed by atoms with E-state index in [0.717, 1.165) is 12.5 Å². The number of ether oxygens (including phenoxy) is 3. The number of anilines is 1. The highest BCUT2D eigenvalue weighted by Gasteiger charge is 2.36. The van der Waals surface area contributed by atoms with Gasteiger partial charge in [-0.3, -0.25) is 4.79 Å². The first-order chi connectivity index (χ1) is 16.3. The molecule has 0 radical (unpaired) electrons. The second-order valence-corrected chi connectivity index (χ2v) is 7.81. The lowest BCUT2D eigenvalue weighted by atomic mass is 10.1. The largest absolute Gasteiger partial charge is 0.490 e. The Morgan fingerprint density at radius 1 is 0.971 bits per heavy atom. The Bertz CT molecular complexity index is 1150. The van der Waals surface area contributed by atoms with E-state index >= 15 is 0 Å². The number of amides is 1. The van der Waals surface area contributed by atoms with Crippen molar-refractivity contribution in [2.75, 3.05) is 24.0 Å². The Hall–Kier alpha value is -3.39. The minimum Gasteiger partial charge on any atom is -0.490 e. The quantitative estimate of drug-likeness (QED) is 0.373. The summed E-state index contributed by atoms with van der Waals surface area (Å²) in [5.74, 6) is 0.0689. The molecule has 0 aliphatic carbocycles. The van der Waals surface area contributed by atoms with E-state index in [-0.39, 0.29) is 23.7 Å². The topological polar surface area (TPSA) is 48.0 Å². The molecule has 0 bridgehead atoms. The van der Waals surface area contributed by atoms with Gasteiger partial charge in [0.1, 0.15) is 22.9 Å². The molecular formula is C25H21ClF3NO4. The zero-order valence-corrected chi connectivity index (χ0v) is 18.7. The molecule has 0 atom stereocenters. The fourth-order valence-corrected chi connectivity index (χ4v) is 3.64. The maximum absolute atomic E-state index is 13.9. The molecule has 1 aliphatic heterocycles. The highest BCUT2D eigenvalue weighted by molar-refractivity contribution is 6.29. The summed E-state index contributed by atoms with van der Waals surface area (Å²) in [7, 11) is 0. The summed E-state index contributed by atoms with van der Waals surface area (Å²) < 4.78 is 58.4. The molecular weight excluding hydrogens is 471 g/mol. The average Bonchev–Trinajstić information content (AvgIpc) is 3.07. The molecule has 0 saturated heterocycles. The van der Waals surface area contributed by atoms with Gasteiger partial charge in [-0.15, -0.1) is 11.6 Å². The maximum Gasteiger partial charge on any atom is 0.420 e. The van der Waals surface area contributed by atoms with E-state index in [4.69, 9.17) is 25.8 Å². The SMILES string of the molecule is O=C(CCl)N(Cc1ccc2c(c1)OCCCO2)c1ccc(Oc2ccccc2)c(C(F)(F)F)c1. The van der Waals surface area contributed by atoms with Crippen LogP contribution in [0.1, 0.15) is 17.5 Å². The Balaban J connectivity index is 1.67. The number of alkyl halides is 4. The number of halogens is 4. The Labute approximate surface area is 199 Å². The van der Waals surface area contributed by atoms with Crippen molar-refractivity contribution in [3.05, 3.63) is 77.9 Å². The van der Waals surface area contributed by atoms with Gasteiger partial charge in [0.15, 0.2) is 11.5 Å². The number of fused-ring (bicyclic) bond motifs is 1. The number of carbonyl (C=O) groups excluding carboxylic acids is 1. The first-order valence-electron chi connectivity index (χ1n) is 10.5. The molecule has 178 valence electrons. The third-order valence-electron chi connectivity index (χ3n) is 5.12. The molecule has 0 aromatic heterocycles. The maximum atomic E-state index is 13.9. The monoisotopic (exact) mass is 491 g/mol. The molecule has 0 N–H and O–H groups in total. The zero-order chi connectivity index (χ0) is 24.1. The summed E-state index contributed by atoms with van der Waals surface area (Å²) in [6.45, 7) is 1.01. The number of rotatable bonds is 6. The van der Waals surface area contributed by atoms with Gasteiger partial charge >= 0.3 is 6.18 Å². The van der Waals surface area contributed by atoms with Crippen LogP contribution in [0, 0.1) is 0 Å². The van der Waals surface area contributed by atoms with Gasteiger partial charge in [-0.1, -0.05) is 24.3 Å².